The smallest absolute Gasteiger partial charge is 0.0693 e. The predicted molar refractivity (Wildman–Crippen MR) is 86.8 cm³/mol. The fourth-order valence-electron chi connectivity index (χ4n) is 2.83. The van der Waals surface area contributed by atoms with Gasteiger partial charge in [0.05, 0.1) is 6.10 Å². The number of benzene rings is 1. The van der Waals surface area contributed by atoms with Crippen molar-refractivity contribution in [1.29, 1.82) is 0 Å². The first kappa shape index (κ1) is 16.0. The molecule has 0 bridgehead atoms. The van der Waals surface area contributed by atoms with Crippen molar-refractivity contribution in [3.8, 4) is 0 Å². The summed E-state index contributed by atoms with van der Waals surface area (Å²) in [4.78, 5) is 2.38. The van der Waals surface area contributed by atoms with Crippen molar-refractivity contribution in [2.75, 3.05) is 26.7 Å². The van der Waals surface area contributed by atoms with Gasteiger partial charge in [-0.2, -0.15) is 0 Å². The maximum atomic E-state index is 9.96. The van der Waals surface area contributed by atoms with Crippen LogP contribution >= 0.6 is 15.9 Å². The van der Waals surface area contributed by atoms with E-state index in [4.69, 9.17) is 0 Å². The van der Waals surface area contributed by atoms with Crippen LogP contribution < -0.4 is 5.32 Å². The number of hydrogen-bond donors (Lipinski definition) is 2. The molecule has 112 valence electrons. The molecule has 3 unspecified atom stereocenters. The maximum Gasteiger partial charge on any atom is 0.0693 e. The SMILES string of the molecule is CNC(CCN1CCC(C)C(O)C1)c1cccc(Br)c1. The van der Waals surface area contributed by atoms with E-state index >= 15 is 0 Å². The van der Waals surface area contributed by atoms with Crippen LogP contribution in [0.2, 0.25) is 0 Å². The number of piperidine rings is 1. The van der Waals surface area contributed by atoms with Crippen LogP contribution in [-0.4, -0.2) is 42.8 Å². The first-order valence-corrected chi connectivity index (χ1v) is 8.22. The van der Waals surface area contributed by atoms with Gasteiger partial charge >= 0.3 is 0 Å². The molecule has 20 heavy (non-hydrogen) atoms. The van der Waals surface area contributed by atoms with E-state index in [0.717, 1.165) is 36.9 Å². The average Bonchev–Trinajstić information content (AvgIpc) is 2.43. The van der Waals surface area contributed by atoms with Crippen LogP contribution in [0.1, 0.15) is 31.4 Å². The molecule has 1 aliphatic heterocycles. The van der Waals surface area contributed by atoms with E-state index in [1.165, 1.54) is 5.56 Å². The van der Waals surface area contributed by atoms with Crippen molar-refractivity contribution in [3.63, 3.8) is 0 Å². The van der Waals surface area contributed by atoms with Gasteiger partial charge in [-0.15, -0.1) is 0 Å². The first-order chi connectivity index (χ1) is 9.60. The molecule has 0 aliphatic carbocycles. The van der Waals surface area contributed by atoms with Crippen LogP contribution in [0.3, 0.4) is 0 Å². The summed E-state index contributed by atoms with van der Waals surface area (Å²) in [6.45, 7) is 5.09. The zero-order valence-corrected chi connectivity index (χ0v) is 13.9. The van der Waals surface area contributed by atoms with E-state index in [-0.39, 0.29) is 6.10 Å². The van der Waals surface area contributed by atoms with Crippen LogP contribution in [0, 0.1) is 5.92 Å². The molecule has 1 aromatic carbocycles. The lowest BCUT2D eigenvalue weighted by atomic mass is 9.95. The Morgan fingerprint density at radius 3 is 2.95 bits per heavy atom. The standard InChI is InChI=1S/C16H25BrN2O/c1-12-6-8-19(11-16(12)20)9-7-15(18-2)13-4-3-5-14(17)10-13/h3-5,10,12,15-16,18,20H,6-9,11H2,1-2H3. The Labute approximate surface area is 130 Å². The summed E-state index contributed by atoms with van der Waals surface area (Å²) in [6, 6.07) is 8.84. The molecule has 4 heteroatoms. The fraction of sp³-hybridized carbons (Fsp3) is 0.625. The van der Waals surface area contributed by atoms with Gasteiger partial charge in [-0.05, 0) is 50.0 Å². The van der Waals surface area contributed by atoms with Crippen LogP contribution in [-0.2, 0) is 0 Å². The molecular weight excluding hydrogens is 316 g/mol. The van der Waals surface area contributed by atoms with Crippen molar-refractivity contribution in [2.45, 2.75) is 31.9 Å². The van der Waals surface area contributed by atoms with Crippen molar-refractivity contribution < 1.29 is 5.11 Å². The van der Waals surface area contributed by atoms with Crippen LogP contribution in [0.25, 0.3) is 0 Å². The Balaban J connectivity index is 1.88. The highest BCUT2D eigenvalue weighted by Crippen LogP contribution is 2.22. The molecule has 3 nitrogen and oxygen atoms in total. The van der Waals surface area contributed by atoms with E-state index in [2.05, 4.69) is 57.3 Å². The highest BCUT2D eigenvalue weighted by Gasteiger charge is 2.24. The number of aliphatic hydroxyl groups is 1. The molecule has 1 fully saturated rings. The number of likely N-dealkylation sites (tertiary alicyclic amines) is 1. The summed E-state index contributed by atoms with van der Waals surface area (Å²) in [5.41, 5.74) is 1.31. The number of nitrogens with one attached hydrogen (secondary N) is 1. The Hall–Kier alpha value is -0.420. The van der Waals surface area contributed by atoms with Crippen LogP contribution in [0.4, 0.5) is 0 Å². The summed E-state index contributed by atoms with van der Waals surface area (Å²) in [7, 11) is 2.01. The minimum Gasteiger partial charge on any atom is -0.392 e. The van der Waals surface area contributed by atoms with Gasteiger partial charge in [0.2, 0.25) is 0 Å². The zero-order chi connectivity index (χ0) is 14.5. The molecular formula is C16H25BrN2O. The van der Waals surface area contributed by atoms with Crippen molar-refractivity contribution >= 4 is 15.9 Å². The molecule has 2 N–H and O–H groups in total. The second-order valence-electron chi connectivity index (χ2n) is 5.82. The number of aliphatic hydroxyl groups excluding tert-OH is 1. The fourth-order valence-corrected chi connectivity index (χ4v) is 3.25. The van der Waals surface area contributed by atoms with Gasteiger partial charge in [0.15, 0.2) is 0 Å². The topological polar surface area (TPSA) is 35.5 Å². The predicted octanol–water partition coefficient (Wildman–Crippen LogP) is 2.80. The Kier molecular flexibility index (Phi) is 6.02. The van der Waals surface area contributed by atoms with E-state index < -0.39 is 0 Å². The molecule has 1 heterocycles. The number of β-amino-alcohol motifs (C(OH)–C–C–N with tert-alkyl or cyclic N) is 1. The molecule has 1 aliphatic rings. The second kappa shape index (κ2) is 7.55. The lowest BCUT2D eigenvalue weighted by Crippen LogP contribution is -2.43. The molecule has 1 saturated heterocycles. The van der Waals surface area contributed by atoms with Gasteiger partial charge in [0.1, 0.15) is 0 Å². The lowest BCUT2D eigenvalue weighted by Gasteiger charge is -2.35. The number of hydrogen-bond acceptors (Lipinski definition) is 3. The van der Waals surface area contributed by atoms with E-state index in [9.17, 15) is 5.11 Å². The molecule has 1 aromatic rings. The zero-order valence-electron chi connectivity index (χ0n) is 12.3. The molecule has 0 radical (unpaired) electrons. The highest BCUT2D eigenvalue weighted by molar-refractivity contribution is 9.10. The monoisotopic (exact) mass is 340 g/mol. The second-order valence-corrected chi connectivity index (χ2v) is 6.73. The number of rotatable bonds is 5. The van der Waals surface area contributed by atoms with Gasteiger partial charge in [-0.25, -0.2) is 0 Å². The molecule has 0 saturated carbocycles. The minimum atomic E-state index is -0.164. The van der Waals surface area contributed by atoms with Gasteiger partial charge in [0, 0.05) is 23.6 Å². The third kappa shape index (κ3) is 4.29. The number of halogens is 1. The summed E-state index contributed by atoms with van der Waals surface area (Å²) < 4.78 is 1.12. The summed E-state index contributed by atoms with van der Waals surface area (Å²) in [6.07, 6.45) is 2.00. The third-order valence-electron chi connectivity index (χ3n) is 4.34. The first-order valence-electron chi connectivity index (χ1n) is 7.43. The van der Waals surface area contributed by atoms with Crippen LogP contribution in [0.5, 0.6) is 0 Å². The lowest BCUT2D eigenvalue weighted by molar-refractivity contribution is 0.0278. The molecule has 0 amide bonds. The average molecular weight is 341 g/mol. The van der Waals surface area contributed by atoms with Crippen molar-refractivity contribution in [1.82, 2.24) is 10.2 Å². The van der Waals surface area contributed by atoms with E-state index in [1.54, 1.807) is 0 Å². The van der Waals surface area contributed by atoms with Gasteiger partial charge < -0.3 is 15.3 Å². The molecule has 2 rings (SSSR count). The highest BCUT2D eigenvalue weighted by atomic mass is 79.9. The van der Waals surface area contributed by atoms with Gasteiger partial charge in [0.25, 0.3) is 0 Å². The Morgan fingerprint density at radius 1 is 1.50 bits per heavy atom. The third-order valence-corrected chi connectivity index (χ3v) is 4.83. The quantitative estimate of drug-likeness (QED) is 0.865. The Bertz CT molecular complexity index is 427. The molecule has 3 atom stereocenters. The largest absolute Gasteiger partial charge is 0.392 e. The summed E-state index contributed by atoms with van der Waals surface area (Å²) in [5.74, 6) is 0.441. The van der Waals surface area contributed by atoms with E-state index in [0.29, 0.717) is 12.0 Å². The van der Waals surface area contributed by atoms with Gasteiger partial charge in [-0.3, -0.25) is 0 Å². The molecule has 0 aromatic heterocycles. The molecule has 0 spiro atoms. The van der Waals surface area contributed by atoms with Crippen LogP contribution in [0.15, 0.2) is 28.7 Å². The summed E-state index contributed by atoms with van der Waals surface area (Å²) >= 11 is 3.53. The maximum absolute atomic E-state index is 9.96. The minimum absolute atomic E-state index is 0.164. The normalized spacial score (nSPS) is 25.6. The van der Waals surface area contributed by atoms with E-state index in [1.807, 2.05) is 7.05 Å². The summed E-state index contributed by atoms with van der Waals surface area (Å²) in [5, 5.41) is 13.4. The van der Waals surface area contributed by atoms with Gasteiger partial charge in [-0.1, -0.05) is 35.0 Å². The Morgan fingerprint density at radius 2 is 2.30 bits per heavy atom. The van der Waals surface area contributed by atoms with Crippen molar-refractivity contribution in [3.05, 3.63) is 34.3 Å². The van der Waals surface area contributed by atoms with Crippen molar-refractivity contribution in [2.24, 2.45) is 5.92 Å². The number of nitrogens with zero attached hydrogens (tertiary/aromatic N) is 1.